The number of halogens is 1. The number of fused-ring (bicyclic) bond motifs is 2. The molecule has 2 fully saturated rings. The standard InChI is InChI=1S/C16H21BrO/c1-16(18,14-4-2-3-5-15(14)17)10-13-9-11-6-7-12(13)8-11/h2-5,11-13,18H,6-10H2,1H3. The van der Waals surface area contributed by atoms with E-state index in [1.165, 1.54) is 25.7 Å². The van der Waals surface area contributed by atoms with Crippen molar-refractivity contribution >= 4 is 15.9 Å². The Kier molecular flexibility index (Phi) is 3.27. The number of benzene rings is 1. The summed E-state index contributed by atoms with van der Waals surface area (Å²) < 4.78 is 1.03. The molecule has 1 aromatic carbocycles. The van der Waals surface area contributed by atoms with E-state index in [1.807, 2.05) is 31.2 Å². The lowest BCUT2D eigenvalue weighted by molar-refractivity contribution is 0.0198. The van der Waals surface area contributed by atoms with E-state index in [1.54, 1.807) is 0 Å². The lowest BCUT2D eigenvalue weighted by Crippen LogP contribution is -2.27. The minimum absolute atomic E-state index is 0.699. The molecule has 4 atom stereocenters. The topological polar surface area (TPSA) is 20.2 Å². The predicted octanol–water partition coefficient (Wildman–Crippen LogP) is 4.48. The van der Waals surface area contributed by atoms with E-state index >= 15 is 0 Å². The van der Waals surface area contributed by atoms with Crippen molar-refractivity contribution in [1.82, 2.24) is 0 Å². The summed E-state index contributed by atoms with van der Waals surface area (Å²) in [5, 5.41) is 10.8. The highest BCUT2D eigenvalue weighted by Gasteiger charge is 2.42. The van der Waals surface area contributed by atoms with Crippen LogP contribution in [0, 0.1) is 17.8 Å². The van der Waals surface area contributed by atoms with Crippen LogP contribution in [-0.4, -0.2) is 5.11 Å². The zero-order valence-corrected chi connectivity index (χ0v) is 12.5. The molecule has 4 unspecified atom stereocenters. The number of hydrogen-bond acceptors (Lipinski definition) is 1. The van der Waals surface area contributed by atoms with Gasteiger partial charge in [0.2, 0.25) is 0 Å². The molecule has 3 rings (SSSR count). The second-order valence-corrected chi connectivity index (χ2v) is 7.25. The predicted molar refractivity (Wildman–Crippen MR) is 77.3 cm³/mol. The monoisotopic (exact) mass is 308 g/mol. The van der Waals surface area contributed by atoms with Crippen LogP contribution in [0.2, 0.25) is 0 Å². The van der Waals surface area contributed by atoms with E-state index in [9.17, 15) is 5.11 Å². The van der Waals surface area contributed by atoms with Gasteiger partial charge in [-0.15, -0.1) is 0 Å². The lowest BCUT2D eigenvalue weighted by atomic mass is 9.78. The summed E-state index contributed by atoms with van der Waals surface area (Å²) in [4.78, 5) is 0. The number of rotatable bonds is 3. The van der Waals surface area contributed by atoms with Gasteiger partial charge in [-0.25, -0.2) is 0 Å². The molecule has 1 N–H and O–H groups in total. The van der Waals surface area contributed by atoms with Crippen LogP contribution in [0.15, 0.2) is 28.7 Å². The average molecular weight is 309 g/mol. The average Bonchev–Trinajstić information content (AvgIpc) is 2.90. The minimum Gasteiger partial charge on any atom is -0.385 e. The summed E-state index contributed by atoms with van der Waals surface area (Å²) in [5.41, 5.74) is 0.336. The van der Waals surface area contributed by atoms with Crippen molar-refractivity contribution < 1.29 is 5.11 Å². The quantitative estimate of drug-likeness (QED) is 0.872. The Morgan fingerprint density at radius 1 is 1.28 bits per heavy atom. The second-order valence-electron chi connectivity index (χ2n) is 6.39. The van der Waals surface area contributed by atoms with Gasteiger partial charge in [0.05, 0.1) is 5.60 Å². The fraction of sp³-hybridized carbons (Fsp3) is 0.625. The molecule has 0 amide bonds. The molecule has 0 radical (unpaired) electrons. The highest BCUT2D eigenvalue weighted by molar-refractivity contribution is 9.10. The van der Waals surface area contributed by atoms with Crippen LogP contribution in [0.25, 0.3) is 0 Å². The first-order chi connectivity index (χ1) is 8.56. The molecule has 2 bridgehead atoms. The number of aliphatic hydroxyl groups is 1. The fourth-order valence-electron chi connectivity index (χ4n) is 4.14. The van der Waals surface area contributed by atoms with E-state index < -0.39 is 5.60 Å². The largest absolute Gasteiger partial charge is 0.385 e. The van der Waals surface area contributed by atoms with Crippen LogP contribution in [0.1, 0.15) is 44.6 Å². The zero-order valence-electron chi connectivity index (χ0n) is 10.9. The van der Waals surface area contributed by atoms with Crippen LogP contribution in [-0.2, 0) is 5.60 Å². The summed E-state index contributed by atoms with van der Waals surface area (Å²) in [6.07, 6.45) is 6.48. The van der Waals surface area contributed by atoms with Crippen molar-refractivity contribution in [3.8, 4) is 0 Å². The van der Waals surface area contributed by atoms with E-state index in [0.717, 1.165) is 34.2 Å². The Morgan fingerprint density at radius 2 is 2.06 bits per heavy atom. The summed E-state index contributed by atoms with van der Waals surface area (Å²) in [6, 6.07) is 8.07. The highest BCUT2D eigenvalue weighted by Crippen LogP contribution is 2.52. The Balaban J connectivity index is 1.77. The van der Waals surface area contributed by atoms with Gasteiger partial charge in [-0.1, -0.05) is 40.5 Å². The molecule has 2 heteroatoms. The van der Waals surface area contributed by atoms with Gasteiger partial charge in [0.1, 0.15) is 0 Å². The second kappa shape index (κ2) is 4.64. The van der Waals surface area contributed by atoms with Crippen LogP contribution < -0.4 is 0 Å². The Labute approximate surface area is 118 Å². The van der Waals surface area contributed by atoms with E-state index in [4.69, 9.17) is 0 Å². The normalized spacial score (nSPS) is 33.6. The maximum atomic E-state index is 10.8. The first kappa shape index (κ1) is 12.7. The van der Waals surface area contributed by atoms with Gasteiger partial charge in [-0.3, -0.25) is 0 Å². The number of hydrogen-bond donors (Lipinski definition) is 1. The van der Waals surface area contributed by atoms with Crippen molar-refractivity contribution in [3.05, 3.63) is 34.3 Å². The molecule has 2 aliphatic carbocycles. The molecule has 98 valence electrons. The van der Waals surface area contributed by atoms with Gasteiger partial charge in [0.25, 0.3) is 0 Å². The Hall–Kier alpha value is -0.340. The van der Waals surface area contributed by atoms with E-state index in [-0.39, 0.29) is 0 Å². The molecule has 0 spiro atoms. The maximum Gasteiger partial charge on any atom is 0.0882 e. The van der Waals surface area contributed by atoms with Gasteiger partial charge in [0, 0.05) is 4.47 Å². The summed E-state index contributed by atoms with van der Waals surface area (Å²) in [7, 11) is 0. The summed E-state index contributed by atoms with van der Waals surface area (Å²) in [6.45, 7) is 1.97. The summed E-state index contributed by atoms with van der Waals surface area (Å²) >= 11 is 3.56. The van der Waals surface area contributed by atoms with E-state index in [0.29, 0.717) is 0 Å². The first-order valence-electron chi connectivity index (χ1n) is 7.03. The molecule has 18 heavy (non-hydrogen) atoms. The van der Waals surface area contributed by atoms with E-state index in [2.05, 4.69) is 15.9 Å². The third kappa shape index (κ3) is 2.25. The van der Waals surface area contributed by atoms with Crippen LogP contribution in [0.3, 0.4) is 0 Å². The van der Waals surface area contributed by atoms with Crippen molar-refractivity contribution in [2.24, 2.45) is 17.8 Å². The summed E-state index contributed by atoms with van der Waals surface area (Å²) in [5.74, 6) is 2.56. The van der Waals surface area contributed by atoms with Crippen LogP contribution in [0.5, 0.6) is 0 Å². The maximum absolute atomic E-state index is 10.8. The van der Waals surface area contributed by atoms with Crippen LogP contribution in [0.4, 0.5) is 0 Å². The van der Waals surface area contributed by atoms with Gasteiger partial charge in [-0.05, 0) is 62.0 Å². The lowest BCUT2D eigenvalue weighted by Gasteiger charge is -2.32. The van der Waals surface area contributed by atoms with Gasteiger partial charge >= 0.3 is 0 Å². The minimum atomic E-state index is -0.699. The van der Waals surface area contributed by atoms with Gasteiger partial charge in [0.15, 0.2) is 0 Å². The highest BCUT2D eigenvalue weighted by atomic mass is 79.9. The van der Waals surface area contributed by atoms with Crippen molar-refractivity contribution in [2.75, 3.05) is 0 Å². The molecule has 2 aliphatic rings. The zero-order chi connectivity index (χ0) is 12.8. The van der Waals surface area contributed by atoms with Crippen molar-refractivity contribution in [1.29, 1.82) is 0 Å². The smallest absolute Gasteiger partial charge is 0.0882 e. The molecule has 0 aliphatic heterocycles. The molecule has 0 heterocycles. The molecular weight excluding hydrogens is 288 g/mol. The Bertz CT molecular complexity index is 440. The molecular formula is C16H21BrO. The Morgan fingerprint density at radius 3 is 2.67 bits per heavy atom. The SMILES string of the molecule is CC(O)(CC1CC2CCC1C2)c1ccccc1Br. The van der Waals surface area contributed by atoms with Crippen molar-refractivity contribution in [3.63, 3.8) is 0 Å². The fourth-order valence-corrected chi connectivity index (χ4v) is 4.86. The third-order valence-corrected chi connectivity index (χ3v) is 5.69. The molecule has 0 saturated heterocycles. The molecule has 1 aromatic rings. The van der Waals surface area contributed by atoms with Gasteiger partial charge < -0.3 is 5.11 Å². The molecule has 2 saturated carbocycles. The van der Waals surface area contributed by atoms with Crippen LogP contribution >= 0.6 is 15.9 Å². The third-order valence-electron chi connectivity index (χ3n) is 5.00. The van der Waals surface area contributed by atoms with Gasteiger partial charge in [-0.2, -0.15) is 0 Å². The molecule has 0 aromatic heterocycles. The first-order valence-corrected chi connectivity index (χ1v) is 7.83. The van der Waals surface area contributed by atoms with Crippen molar-refractivity contribution in [2.45, 2.75) is 44.6 Å². The molecule has 1 nitrogen and oxygen atoms in total.